The molecule has 0 radical (unpaired) electrons. The molecule has 8 heteroatoms. The summed E-state index contributed by atoms with van der Waals surface area (Å²) in [6.07, 6.45) is 1.05. The number of halogens is 2. The van der Waals surface area contributed by atoms with E-state index in [0.29, 0.717) is 29.2 Å². The highest BCUT2D eigenvalue weighted by atomic mass is 35.5. The molecule has 0 aliphatic carbocycles. The summed E-state index contributed by atoms with van der Waals surface area (Å²) in [5.74, 6) is -0.353. The topological polar surface area (TPSA) is 66.5 Å². The first-order chi connectivity index (χ1) is 11.9. The largest absolute Gasteiger partial charge is 0.322 e. The number of benzene rings is 2. The van der Waals surface area contributed by atoms with Crippen molar-refractivity contribution in [2.24, 2.45) is 0 Å². The minimum Gasteiger partial charge on any atom is -0.322 e. The van der Waals surface area contributed by atoms with Crippen molar-refractivity contribution in [3.8, 4) is 0 Å². The second-order valence-corrected chi connectivity index (χ2v) is 8.31. The van der Waals surface area contributed by atoms with E-state index in [2.05, 4.69) is 5.32 Å². The lowest BCUT2D eigenvalue weighted by molar-refractivity contribution is -0.117. The molecule has 5 nitrogen and oxygen atoms in total. The summed E-state index contributed by atoms with van der Waals surface area (Å²) in [7, 11) is -4.05. The molecule has 0 aromatic heterocycles. The van der Waals surface area contributed by atoms with Gasteiger partial charge in [-0.05, 0) is 36.8 Å². The predicted octanol–water partition coefficient (Wildman–Crippen LogP) is 4.31. The van der Waals surface area contributed by atoms with Crippen LogP contribution in [0.1, 0.15) is 19.8 Å². The molecule has 1 amide bonds. The van der Waals surface area contributed by atoms with Crippen LogP contribution in [0.3, 0.4) is 0 Å². The Morgan fingerprint density at radius 2 is 1.88 bits per heavy atom. The average molecular weight is 399 g/mol. The highest BCUT2D eigenvalue weighted by molar-refractivity contribution is 7.93. The molecule has 1 aliphatic heterocycles. The zero-order valence-electron chi connectivity index (χ0n) is 13.4. The summed E-state index contributed by atoms with van der Waals surface area (Å²) in [5.41, 5.74) is 0.875. The third kappa shape index (κ3) is 3.21. The first-order valence-corrected chi connectivity index (χ1v) is 9.95. The predicted molar refractivity (Wildman–Crippen MR) is 99.9 cm³/mol. The number of hydrogen-bond donors (Lipinski definition) is 1. The molecule has 0 saturated heterocycles. The Morgan fingerprint density at radius 1 is 1.16 bits per heavy atom. The number of sulfonamides is 1. The van der Waals surface area contributed by atoms with Gasteiger partial charge in [-0.2, -0.15) is 0 Å². The molecule has 1 heterocycles. The van der Waals surface area contributed by atoms with Crippen molar-refractivity contribution in [2.75, 3.05) is 9.62 Å². The number of para-hydroxylation sites is 2. The zero-order chi connectivity index (χ0) is 18.2. The molecule has 25 heavy (non-hydrogen) atoms. The number of fused-ring (bicyclic) bond motifs is 1. The minimum absolute atomic E-state index is 0.0196. The highest BCUT2D eigenvalue weighted by Gasteiger charge is 2.41. The number of amides is 1. The normalized spacial score (nSPS) is 17.2. The van der Waals surface area contributed by atoms with Crippen LogP contribution < -0.4 is 9.62 Å². The summed E-state index contributed by atoms with van der Waals surface area (Å²) in [4.78, 5) is 12.4. The summed E-state index contributed by atoms with van der Waals surface area (Å²) < 4.78 is 27.8. The second-order valence-electron chi connectivity index (χ2n) is 5.69. The van der Waals surface area contributed by atoms with Crippen molar-refractivity contribution < 1.29 is 13.2 Å². The number of anilines is 2. The number of carbonyl (C=O) groups excluding carboxylic acids is 1. The summed E-state index contributed by atoms with van der Waals surface area (Å²) in [6, 6.07) is 10.2. The van der Waals surface area contributed by atoms with Gasteiger partial charge in [0.05, 0.1) is 16.4 Å². The molecular formula is C17H16Cl2N2O3S. The van der Waals surface area contributed by atoms with Crippen LogP contribution in [0.2, 0.25) is 10.0 Å². The Hall–Kier alpha value is -1.76. The average Bonchev–Trinajstić information content (AvgIpc) is 2.55. The molecule has 0 bridgehead atoms. The Balaban J connectivity index is 2.21. The van der Waals surface area contributed by atoms with E-state index in [0.717, 1.165) is 0 Å². The van der Waals surface area contributed by atoms with Crippen LogP contribution in [-0.2, 0) is 14.8 Å². The Bertz CT molecular complexity index is 931. The fourth-order valence-electron chi connectivity index (χ4n) is 2.87. The van der Waals surface area contributed by atoms with Gasteiger partial charge in [-0.1, -0.05) is 48.7 Å². The van der Waals surface area contributed by atoms with Gasteiger partial charge in [-0.15, -0.1) is 0 Å². The molecule has 2 aromatic carbocycles. The number of nitrogens with one attached hydrogen (secondary N) is 1. The zero-order valence-corrected chi connectivity index (χ0v) is 15.7. The minimum atomic E-state index is -4.05. The van der Waals surface area contributed by atoms with Crippen molar-refractivity contribution in [3.63, 3.8) is 0 Å². The summed E-state index contributed by atoms with van der Waals surface area (Å²) >= 11 is 12.0. The molecule has 3 rings (SSSR count). The smallest absolute Gasteiger partial charge is 0.266 e. The first-order valence-electron chi connectivity index (χ1n) is 7.75. The molecule has 1 aliphatic rings. The molecule has 0 saturated carbocycles. The standard InChI is InChI=1S/C17H16Cl2N2O3S/c1-2-5-15-17(22)20-13-6-3-4-7-14(13)21(15)25(23,24)16-9-8-11(18)10-12(16)19/h3-4,6-10,15H,2,5H2,1H3,(H,20,22)/t15-/m0/s1. The molecular weight excluding hydrogens is 383 g/mol. The van der Waals surface area contributed by atoms with Gasteiger partial charge in [-0.3, -0.25) is 9.10 Å². The van der Waals surface area contributed by atoms with Gasteiger partial charge in [0.1, 0.15) is 10.9 Å². The van der Waals surface area contributed by atoms with Crippen molar-refractivity contribution >= 4 is 50.5 Å². The van der Waals surface area contributed by atoms with E-state index in [-0.39, 0.29) is 15.8 Å². The van der Waals surface area contributed by atoms with Gasteiger partial charge in [0.2, 0.25) is 5.91 Å². The van der Waals surface area contributed by atoms with Crippen molar-refractivity contribution in [2.45, 2.75) is 30.7 Å². The van der Waals surface area contributed by atoms with Gasteiger partial charge >= 0.3 is 0 Å². The third-order valence-electron chi connectivity index (χ3n) is 3.98. The molecule has 1 N–H and O–H groups in total. The number of nitrogens with zero attached hydrogens (tertiary/aromatic N) is 1. The maximum Gasteiger partial charge on any atom is 0.266 e. The maximum atomic E-state index is 13.3. The lowest BCUT2D eigenvalue weighted by atomic mass is 10.1. The number of rotatable bonds is 4. The molecule has 0 fully saturated rings. The summed E-state index contributed by atoms with van der Waals surface area (Å²) in [5, 5.41) is 3.13. The van der Waals surface area contributed by atoms with E-state index in [1.807, 2.05) is 6.92 Å². The molecule has 2 aromatic rings. The molecule has 0 unspecified atom stereocenters. The van der Waals surface area contributed by atoms with Gasteiger partial charge in [0, 0.05) is 5.02 Å². The van der Waals surface area contributed by atoms with Crippen LogP contribution in [0.4, 0.5) is 11.4 Å². The quantitative estimate of drug-likeness (QED) is 0.833. The third-order valence-corrected chi connectivity index (χ3v) is 6.52. The maximum absolute atomic E-state index is 13.3. The van der Waals surface area contributed by atoms with Crippen LogP contribution in [0, 0.1) is 0 Å². The van der Waals surface area contributed by atoms with Crippen molar-refractivity contribution in [1.29, 1.82) is 0 Å². The van der Waals surface area contributed by atoms with E-state index in [1.165, 1.54) is 22.5 Å². The Labute approximate surface area is 156 Å². The second kappa shape index (κ2) is 6.86. The Morgan fingerprint density at radius 3 is 2.56 bits per heavy atom. The molecule has 1 atom stereocenters. The summed E-state index contributed by atoms with van der Waals surface area (Å²) in [6.45, 7) is 1.90. The highest BCUT2D eigenvalue weighted by Crippen LogP contribution is 2.39. The van der Waals surface area contributed by atoms with Gasteiger partial charge < -0.3 is 5.32 Å². The van der Waals surface area contributed by atoms with E-state index in [4.69, 9.17) is 23.2 Å². The van der Waals surface area contributed by atoms with Crippen LogP contribution in [0.15, 0.2) is 47.4 Å². The SMILES string of the molecule is CCC[C@H]1C(=O)Nc2ccccc2N1S(=O)(=O)c1ccc(Cl)cc1Cl. The van der Waals surface area contributed by atoms with Crippen LogP contribution >= 0.6 is 23.2 Å². The van der Waals surface area contributed by atoms with E-state index >= 15 is 0 Å². The van der Waals surface area contributed by atoms with Crippen LogP contribution in [-0.4, -0.2) is 20.4 Å². The van der Waals surface area contributed by atoms with Crippen molar-refractivity contribution in [1.82, 2.24) is 0 Å². The monoisotopic (exact) mass is 398 g/mol. The van der Waals surface area contributed by atoms with Crippen LogP contribution in [0.5, 0.6) is 0 Å². The van der Waals surface area contributed by atoms with E-state index in [1.54, 1.807) is 24.3 Å². The van der Waals surface area contributed by atoms with Gasteiger partial charge in [-0.25, -0.2) is 8.42 Å². The van der Waals surface area contributed by atoms with Gasteiger partial charge in [0.15, 0.2) is 0 Å². The molecule has 132 valence electrons. The first kappa shape index (κ1) is 18.0. The Kier molecular flexibility index (Phi) is 4.95. The fraction of sp³-hybridized carbons (Fsp3) is 0.235. The van der Waals surface area contributed by atoms with Crippen molar-refractivity contribution in [3.05, 3.63) is 52.5 Å². The molecule has 0 spiro atoms. The van der Waals surface area contributed by atoms with Crippen LogP contribution in [0.25, 0.3) is 0 Å². The lowest BCUT2D eigenvalue weighted by Crippen LogP contribution is -2.50. The van der Waals surface area contributed by atoms with E-state index < -0.39 is 16.1 Å². The van der Waals surface area contributed by atoms with Gasteiger partial charge in [0.25, 0.3) is 10.0 Å². The fourth-order valence-corrected chi connectivity index (χ4v) is 5.28. The lowest BCUT2D eigenvalue weighted by Gasteiger charge is -2.37. The van der Waals surface area contributed by atoms with E-state index in [9.17, 15) is 13.2 Å². The number of hydrogen-bond acceptors (Lipinski definition) is 3. The number of carbonyl (C=O) groups is 1.